The highest BCUT2D eigenvalue weighted by Gasteiger charge is 2.23. The lowest BCUT2D eigenvalue weighted by Gasteiger charge is -2.15. The Morgan fingerprint density at radius 3 is 3.06 bits per heavy atom. The number of Topliss-reactive ketones (excluding diaryl/α,β-unsaturated/α-hetero) is 1. The monoisotopic (exact) mass is 252 g/mol. The predicted octanol–water partition coefficient (Wildman–Crippen LogP) is 1.41. The minimum absolute atomic E-state index is 0.103. The average Bonchev–Trinajstić information content (AvgIpc) is 2.89. The molecule has 2 rings (SSSR count). The number of rotatable bonds is 3. The zero-order valence-corrected chi connectivity index (χ0v) is 10.2. The highest BCUT2D eigenvalue weighted by atomic mass is 32.2. The largest absolute Gasteiger partial charge is 0.461 e. The Balaban J connectivity index is 2.03. The first-order valence-corrected chi connectivity index (χ1v) is 6.19. The van der Waals surface area contributed by atoms with Crippen molar-refractivity contribution in [2.75, 3.05) is 18.8 Å². The molecule has 0 aliphatic carbocycles. The summed E-state index contributed by atoms with van der Waals surface area (Å²) in [6.45, 7) is 2.33. The zero-order valence-electron chi connectivity index (χ0n) is 9.38. The second kappa shape index (κ2) is 5.18. The normalized spacial score (nSPS) is 17.7. The summed E-state index contributed by atoms with van der Waals surface area (Å²) in [4.78, 5) is 28.4. The lowest BCUT2D eigenvalue weighted by atomic mass is 10.3. The van der Waals surface area contributed by atoms with Gasteiger partial charge >= 0.3 is 0 Å². The molecule has 1 aliphatic rings. The Hall–Kier alpha value is -1.56. The summed E-state index contributed by atoms with van der Waals surface area (Å²) in [6, 6.07) is 3.31. The molecular weight excluding hydrogens is 240 g/mol. The Kier molecular flexibility index (Phi) is 3.63. The van der Waals surface area contributed by atoms with Crippen molar-refractivity contribution in [3.63, 3.8) is 0 Å². The number of amidine groups is 1. The second-order valence-electron chi connectivity index (χ2n) is 3.58. The third-order valence-corrected chi connectivity index (χ3v) is 3.24. The fourth-order valence-corrected chi connectivity index (χ4v) is 2.53. The predicted molar refractivity (Wildman–Crippen MR) is 65.2 cm³/mol. The smallest absolute Gasteiger partial charge is 0.244 e. The van der Waals surface area contributed by atoms with E-state index in [4.69, 9.17) is 4.42 Å². The average molecular weight is 252 g/mol. The van der Waals surface area contributed by atoms with Gasteiger partial charge in [-0.1, -0.05) is 11.8 Å². The van der Waals surface area contributed by atoms with Crippen LogP contribution in [0.4, 0.5) is 0 Å². The van der Waals surface area contributed by atoms with Crippen molar-refractivity contribution in [1.82, 2.24) is 4.90 Å². The number of carbonyl (C=O) groups excluding carboxylic acids is 2. The molecule has 1 aliphatic heterocycles. The molecule has 0 bridgehead atoms. The van der Waals surface area contributed by atoms with Crippen molar-refractivity contribution in [3.8, 4) is 0 Å². The molecule has 1 saturated heterocycles. The van der Waals surface area contributed by atoms with Gasteiger partial charge in [0.15, 0.2) is 10.9 Å². The summed E-state index contributed by atoms with van der Waals surface area (Å²) in [5, 5.41) is 0.623. The number of ketones is 1. The van der Waals surface area contributed by atoms with Crippen LogP contribution in [0, 0.1) is 0 Å². The van der Waals surface area contributed by atoms with Crippen LogP contribution in [0.1, 0.15) is 17.5 Å². The van der Waals surface area contributed by atoms with Gasteiger partial charge in [0.25, 0.3) is 0 Å². The number of amides is 1. The van der Waals surface area contributed by atoms with Gasteiger partial charge in [-0.3, -0.25) is 9.59 Å². The molecule has 0 N–H and O–H groups in total. The van der Waals surface area contributed by atoms with Crippen LogP contribution in [0.5, 0.6) is 0 Å². The van der Waals surface area contributed by atoms with Gasteiger partial charge in [0.1, 0.15) is 0 Å². The Labute approximate surface area is 103 Å². The molecule has 0 radical (unpaired) electrons. The van der Waals surface area contributed by atoms with Gasteiger partial charge in [-0.15, -0.1) is 0 Å². The van der Waals surface area contributed by atoms with Gasteiger partial charge in [0, 0.05) is 19.2 Å². The highest BCUT2D eigenvalue weighted by Crippen LogP contribution is 2.18. The number of aliphatic imine (C=N–C) groups is 1. The molecule has 90 valence electrons. The summed E-state index contributed by atoms with van der Waals surface area (Å²) in [7, 11) is 0. The van der Waals surface area contributed by atoms with E-state index in [9.17, 15) is 9.59 Å². The number of furan rings is 1. The molecule has 6 heteroatoms. The molecule has 0 aromatic carbocycles. The van der Waals surface area contributed by atoms with Gasteiger partial charge in [-0.05, 0) is 12.1 Å². The maximum absolute atomic E-state index is 11.8. The van der Waals surface area contributed by atoms with Crippen LogP contribution >= 0.6 is 11.8 Å². The van der Waals surface area contributed by atoms with E-state index in [1.165, 1.54) is 24.9 Å². The van der Waals surface area contributed by atoms with Crippen LogP contribution in [-0.2, 0) is 4.79 Å². The SMILES string of the molecule is CC(=O)N=C1SCCN1CC(=O)c1ccco1. The van der Waals surface area contributed by atoms with Crippen molar-refractivity contribution in [3.05, 3.63) is 24.2 Å². The van der Waals surface area contributed by atoms with Crippen LogP contribution in [0.3, 0.4) is 0 Å². The van der Waals surface area contributed by atoms with Gasteiger partial charge < -0.3 is 9.32 Å². The van der Waals surface area contributed by atoms with Crippen molar-refractivity contribution < 1.29 is 14.0 Å². The van der Waals surface area contributed by atoms with Crippen LogP contribution in [0.25, 0.3) is 0 Å². The van der Waals surface area contributed by atoms with Crippen LogP contribution < -0.4 is 0 Å². The molecule has 1 aromatic heterocycles. The van der Waals surface area contributed by atoms with Gasteiger partial charge in [-0.2, -0.15) is 4.99 Å². The molecular formula is C11H12N2O3S. The van der Waals surface area contributed by atoms with Crippen LogP contribution in [0.15, 0.2) is 27.8 Å². The molecule has 0 saturated carbocycles. The van der Waals surface area contributed by atoms with E-state index >= 15 is 0 Å². The number of hydrogen-bond acceptors (Lipinski definition) is 4. The number of nitrogens with zero attached hydrogens (tertiary/aromatic N) is 2. The molecule has 1 amide bonds. The molecule has 0 unspecified atom stereocenters. The molecule has 17 heavy (non-hydrogen) atoms. The Bertz CT molecular complexity index is 453. The molecule has 1 fully saturated rings. The number of hydrogen-bond donors (Lipinski definition) is 0. The van der Waals surface area contributed by atoms with E-state index in [1.807, 2.05) is 0 Å². The number of thioether (sulfide) groups is 1. The lowest BCUT2D eigenvalue weighted by molar-refractivity contribution is -0.115. The second-order valence-corrected chi connectivity index (χ2v) is 4.65. The summed E-state index contributed by atoms with van der Waals surface area (Å²) >= 11 is 1.49. The Morgan fingerprint density at radius 1 is 1.59 bits per heavy atom. The maximum Gasteiger partial charge on any atom is 0.244 e. The first kappa shape index (κ1) is 11.9. The quantitative estimate of drug-likeness (QED) is 0.761. The third kappa shape index (κ3) is 2.97. The summed E-state index contributed by atoms with van der Waals surface area (Å²) < 4.78 is 5.03. The van der Waals surface area contributed by atoms with Crippen molar-refractivity contribution in [1.29, 1.82) is 0 Å². The molecule has 1 aromatic rings. The van der Waals surface area contributed by atoms with E-state index in [0.29, 0.717) is 10.9 Å². The van der Waals surface area contributed by atoms with Crippen LogP contribution in [-0.4, -0.2) is 40.6 Å². The third-order valence-electron chi connectivity index (χ3n) is 2.25. The lowest BCUT2D eigenvalue weighted by Crippen LogP contribution is -2.31. The van der Waals surface area contributed by atoms with E-state index < -0.39 is 0 Å². The van der Waals surface area contributed by atoms with E-state index in [1.54, 1.807) is 17.0 Å². The van der Waals surface area contributed by atoms with Gasteiger partial charge in [0.2, 0.25) is 11.7 Å². The van der Waals surface area contributed by atoms with Crippen molar-refractivity contribution >= 4 is 28.6 Å². The van der Waals surface area contributed by atoms with Gasteiger partial charge in [0.05, 0.1) is 12.8 Å². The first-order valence-electron chi connectivity index (χ1n) is 5.20. The minimum Gasteiger partial charge on any atom is -0.461 e. The van der Waals surface area contributed by atoms with E-state index in [2.05, 4.69) is 4.99 Å². The fourth-order valence-electron chi connectivity index (χ4n) is 1.51. The minimum atomic E-state index is -0.246. The number of carbonyl (C=O) groups is 2. The molecule has 2 heterocycles. The molecule has 5 nitrogen and oxygen atoms in total. The Morgan fingerprint density at radius 2 is 2.41 bits per heavy atom. The van der Waals surface area contributed by atoms with Gasteiger partial charge in [-0.25, -0.2) is 0 Å². The maximum atomic E-state index is 11.8. The summed E-state index contributed by atoms with van der Waals surface area (Å²) in [5.41, 5.74) is 0. The van der Waals surface area contributed by atoms with Crippen molar-refractivity contribution in [2.45, 2.75) is 6.92 Å². The topological polar surface area (TPSA) is 62.9 Å². The summed E-state index contributed by atoms with van der Waals surface area (Å²) in [5.74, 6) is 0.833. The van der Waals surface area contributed by atoms with E-state index in [-0.39, 0.29) is 18.2 Å². The van der Waals surface area contributed by atoms with E-state index in [0.717, 1.165) is 12.3 Å². The zero-order chi connectivity index (χ0) is 12.3. The van der Waals surface area contributed by atoms with Crippen molar-refractivity contribution in [2.24, 2.45) is 4.99 Å². The van der Waals surface area contributed by atoms with Crippen LogP contribution in [0.2, 0.25) is 0 Å². The standard InChI is InChI=1S/C11H12N2O3S/c1-8(14)12-11-13(4-6-17-11)7-9(15)10-3-2-5-16-10/h2-3,5H,4,6-7H2,1H3. The molecule has 0 spiro atoms. The fraction of sp³-hybridized carbons (Fsp3) is 0.364. The summed E-state index contributed by atoms with van der Waals surface area (Å²) in [6.07, 6.45) is 1.47. The molecule has 0 atom stereocenters. The first-order chi connectivity index (χ1) is 8.16. The highest BCUT2D eigenvalue weighted by molar-refractivity contribution is 8.14.